The number of hydrogen-bond acceptors (Lipinski definition) is 6. The Bertz CT molecular complexity index is 2180. The maximum absolute atomic E-state index is 13.5. The normalized spacial score (nSPS) is 12.8. The van der Waals surface area contributed by atoms with Crippen molar-refractivity contribution in [1.29, 1.82) is 0 Å². The first-order chi connectivity index (χ1) is 24.6. The van der Waals surface area contributed by atoms with Crippen molar-refractivity contribution >= 4 is 58.5 Å². The Hall–Kier alpha value is -6.06. The van der Waals surface area contributed by atoms with Crippen LogP contribution in [0.3, 0.4) is 0 Å². The second kappa shape index (κ2) is 15.2. The Kier molecular flexibility index (Phi) is 10.4. The van der Waals surface area contributed by atoms with Crippen LogP contribution in [-0.4, -0.2) is 34.5 Å². The van der Waals surface area contributed by atoms with Crippen LogP contribution in [0.5, 0.6) is 0 Å². The average Bonchev–Trinajstić information content (AvgIpc) is 3.14. The molecule has 0 fully saturated rings. The van der Waals surface area contributed by atoms with E-state index < -0.39 is 17.1 Å². The molecule has 5 aromatic carbocycles. The van der Waals surface area contributed by atoms with E-state index in [0.29, 0.717) is 28.3 Å². The highest BCUT2D eigenvalue weighted by atomic mass is 32.2. The fourth-order valence-corrected chi connectivity index (χ4v) is 6.51. The molecule has 1 aliphatic carbocycles. The molecular weight excluding hydrogens is 659 g/mol. The van der Waals surface area contributed by atoms with Gasteiger partial charge in [-0.15, -0.1) is 11.8 Å². The molecule has 1 atom stereocenters. The molecule has 3 N–H and O–H groups in total. The maximum atomic E-state index is 13.5. The molecule has 254 valence electrons. The highest BCUT2D eigenvalue weighted by Crippen LogP contribution is 2.33. The molecule has 1 unspecified atom stereocenters. The van der Waals surface area contributed by atoms with Gasteiger partial charge in [-0.1, -0.05) is 92.7 Å². The lowest BCUT2D eigenvalue weighted by Gasteiger charge is -2.21. The molecule has 9 heteroatoms. The number of rotatable bonds is 10. The largest absolute Gasteiger partial charge is 0.324 e. The Balaban J connectivity index is 1.13. The van der Waals surface area contributed by atoms with Crippen molar-refractivity contribution in [1.82, 2.24) is 5.32 Å². The van der Waals surface area contributed by atoms with Crippen molar-refractivity contribution in [2.45, 2.75) is 36.8 Å². The SMILES string of the molecule is CC(Sc1ccc(NC(=O)/C(=C/c2ccc(C(C)C)cc2)NC(=O)c2ccccc2)cc1)C(=O)Nc1cccc2c1C(=O)c1ccccc1C2=O. The van der Waals surface area contributed by atoms with E-state index in [1.165, 1.54) is 11.8 Å². The molecule has 0 heterocycles. The molecule has 6 rings (SSSR count). The number of amides is 3. The number of carbonyl (C=O) groups is 5. The van der Waals surface area contributed by atoms with E-state index in [1.807, 2.05) is 30.3 Å². The number of ketones is 2. The van der Waals surface area contributed by atoms with Gasteiger partial charge in [0.1, 0.15) is 5.70 Å². The topological polar surface area (TPSA) is 121 Å². The minimum absolute atomic E-state index is 0.0802. The summed E-state index contributed by atoms with van der Waals surface area (Å²) >= 11 is 1.30. The molecular formula is C42H35N3O5S. The Morgan fingerprint density at radius 2 is 1.27 bits per heavy atom. The molecule has 5 aromatic rings. The summed E-state index contributed by atoms with van der Waals surface area (Å²) in [5.74, 6) is -1.46. The van der Waals surface area contributed by atoms with Crippen LogP contribution in [0.15, 0.2) is 132 Å². The Morgan fingerprint density at radius 3 is 1.94 bits per heavy atom. The zero-order valence-electron chi connectivity index (χ0n) is 28.2. The molecule has 3 amide bonds. The van der Waals surface area contributed by atoms with Gasteiger partial charge in [-0.3, -0.25) is 24.0 Å². The molecule has 0 radical (unpaired) electrons. The number of anilines is 2. The van der Waals surface area contributed by atoms with Gasteiger partial charge in [-0.25, -0.2) is 0 Å². The first-order valence-corrected chi connectivity index (χ1v) is 17.4. The number of fused-ring (bicyclic) bond motifs is 2. The van der Waals surface area contributed by atoms with Crippen molar-refractivity contribution in [3.05, 3.63) is 166 Å². The van der Waals surface area contributed by atoms with E-state index in [1.54, 1.807) is 104 Å². The summed E-state index contributed by atoms with van der Waals surface area (Å²) in [5, 5.41) is 7.90. The highest BCUT2D eigenvalue weighted by Gasteiger charge is 2.32. The van der Waals surface area contributed by atoms with Gasteiger partial charge >= 0.3 is 0 Å². The van der Waals surface area contributed by atoms with Gasteiger partial charge in [0, 0.05) is 32.8 Å². The summed E-state index contributed by atoms with van der Waals surface area (Å²) in [6.07, 6.45) is 1.64. The van der Waals surface area contributed by atoms with E-state index in [-0.39, 0.29) is 40.0 Å². The van der Waals surface area contributed by atoms with E-state index >= 15 is 0 Å². The number of thioether (sulfide) groups is 1. The number of nitrogens with one attached hydrogen (secondary N) is 3. The van der Waals surface area contributed by atoms with Crippen molar-refractivity contribution in [2.24, 2.45) is 0 Å². The van der Waals surface area contributed by atoms with Crippen molar-refractivity contribution in [3.8, 4) is 0 Å². The Morgan fingerprint density at radius 1 is 0.647 bits per heavy atom. The van der Waals surface area contributed by atoms with E-state index in [2.05, 4.69) is 29.8 Å². The van der Waals surface area contributed by atoms with Crippen LogP contribution < -0.4 is 16.0 Å². The smallest absolute Gasteiger partial charge is 0.272 e. The van der Waals surface area contributed by atoms with Crippen LogP contribution in [0, 0.1) is 0 Å². The van der Waals surface area contributed by atoms with E-state index in [9.17, 15) is 24.0 Å². The second-order valence-corrected chi connectivity index (χ2v) is 13.8. The molecule has 0 aromatic heterocycles. The Labute approximate surface area is 300 Å². The predicted molar refractivity (Wildman–Crippen MR) is 201 cm³/mol. The fraction of sp³-hybridized carbons (Fsp3) is 0.119. The van der Waals surface area contributed by atoms with E-state index in [4.69, 9.17) is 0 Å². The monoisotopic (exact) mass is 693 g/mol. The van der Waals surface area contributed by atoms with Crippen LogP contribution in [-0.2, 0) is 9.59 Å². The summed E-state index contributed by atoms with van der Waals surface area (Å²) in [6, 6.07) is 35.0. The number of carbonyl (C=O) groups excluding carboxylic acids is 5. The summed E-state index contributed by atoms with van der Waals surface area (Å²) in [5.41, 5.74) is 4.31. The first-order valence-electron chi connectivity index (χ1n) is 16.5. The number of benzene rings is 5. The molecule has 51 heavy (non-hydrogen) atoms. The highest BCUT2D eigenvalue weighted by molar-refractivity contribution is 8.00. The third kappa shape index (κ3) is 7.90. The van der Waals surface area contributed by atoms with Crippen molar-refractivity contribution in [3.63, 3.8) is 0 Å². The second-order valence-electron chi connectivity index (χ2n) is 12.4. The van der Waals surface area contributed by atoms with Gasteiger partial charge in [0.05, 0.1) is 16.5 Å². The van der Waals surface area contributed by atoms with Gasteiger partial charge < -0.3 is 16.0 Å². The fourth-order valence-electron chi connectivity index (χ4n) is 5.64. The summed E-state index contributed by atoms with van der Waals surface area (Å²) in [4.78, 5) is 67.0. The lowest BCUT2D eigenvalue weighted by molar-refractivity contribution is -0.115. The standard InChI is InChI=1S/C42H35N3O5S/c1-25(2)28-18-16-27(17-19-28)24-36(45-41(49)29-10-5-4-6-11-29)42(50)43-30-20-22-31(23-21-30)51-26(3)40(48)44-35-15-9-14-34-37(35)39(47)33-13-8-7-12-32(33)38(34)46/h4-26H,1-3H3,(H,43,50)(H,44,48)(H,45,49)/b36-24-. The number of hydrogen-bond donors (Lipinski definition) is 3. The molecule has 0 aliphatic heterocycles. The lowest BCUT2D eigenvalue weighted by Crippen LogP contribution is -2.30. The van der Waals surface area contributed by atoms with Crippen LogP contribution in [0.1, 0.15) is 80.0 Å². The van der Waals surface area contributed by atoms with Crippen LogP contribution in [0.4, 0.5) is 11.4 Å². The molecule has 8 nitrogen and oxygen atoms in total. The lowest BCUT2D eigenvalue weighted by atomic mass is 9.83. The zero-order valence-corrected chi connectivity index (χ0v) is 29.0. The van der Waals surface area contributed by atoms with Crippen LogP contribution in [0.25, 0.3) is 6.08 Å². The predicted octanol–water partition coefficient (Wildman–Crippen LogP) is 8.11. The third-order valence-corrected chi connectivity index (χ3v) is 9.56. The average molecular weight is 694 g/mol. The van der Waals surface area contributed by atoms with Gasteiger partial charge in [-0.2, -0.15) is 0 Å². The molecule has 0 saturated heterocycles. The van der Waals surface area contributed by atoms with E-state index in [0.717, 1.165) is 16.0 Å². The minimum Gasteiger partial charge on any atom is -0.324 e. The van der Waals surface area contributed by atoms with Gasteiger partial charge in [0.25, 0.3) is 11.8 Å². The summed E-state index contributed by atoms with van der Waals surface area (Å²) < 4.78 is 0. The van der Waals surface area contributed by atoms with Gasteiger partial charge in [-0.05, 0) is 72.5 Å². The zero-order chi connectivity index (χ0) is 36.1. The third-order valence-electron chi connectivity index (χ3n) is 8.45. The summed E-state index contributed by atoms with van der Waals surface area (Å²) in [7, 11) is 0. The molecule has 0 spiro atoms. The van der Waals surface area contributed by atoms with Crippen LogP contribution in [0.2, 0.25) is 0 Å². The van der Waals surface area contributed by atoms with Crippen molar-refractivity contribution < 1.29 is 24.0 Å². The molecule has 0 bridgehead atoms. The molecule has 0 saturated carbocycles. The quantitative estimate of drug-likeness (QED) is 0.0985. The van der Waals surface area contributed by atoms with Gasteiger partial charge in [0.15, 0.2) is 11.6 Å². The van der Waals surface area contributed by atoms with Crippen molar-refractivity contribution in [2.75, 3.05) is 10.6 Å². The summed E-state index contributed by atoms with van der Waals surface area (Å²) in [6.45, 7) is 5.95. The maximum Gasteiger partial charge on any atom is 0.272 e. The van der Waals surface area contributed by atoms with Gasteiger partial charge in [0.2, 0.25) is 5.91 Å². The first kappa shape index (κ1) is 34.8. The minimum atomic E-state index is -0.562. The van der Waals surface area contributed by atoms with Crippen LogP contribution >= 0.6 is 11.8 Å². The molecule has 1 aliphatic rings.